The van der Waals surface area contributed by atoms with Crippen LogP contribution < -0.4 is 5.32 Å². The number of aromatic nitrogens is 2. The zero-order valence-corrected chi connectivity index (χ0v) is 12.0. The molecule has 1 N–H and O–H groups in total. The SMILES string of the molecule is O=C(Nc1cccnc1)c1ccc(Br)c2cccnc12. The molecule has 0 atom stereocenters. The van der Waals surface area contributed by atoms with Gasteiger partial charge in [0.25, 0.3) is 5.91 Å². The Kier molecular flexibility index (Phi) is 3.43. The van der Waals surface area contributed by atoms with E-state index in [1.54, 1.807) is 36.8 Å². The average Bonchev–Trinajstić information content (AvgIpc) is 2.49. The highest BCUT2D eigenvalue weighted by molar-refractivity contribution is 9.10. The van der Waals surface area contributed by atoms with E-state index >= 15 is 0 Å². The highest BCUT2D eigenvalue weighted by Crippen LogP contribution is 2.25. The van der Waals surface area contributed by atoms with Crippen molar-refractivity contribution in [3.05, 3.63) is 65.0 Å². The monoisotopic (exact) mass is 327 g/mol. The number of halogens is 1. The first-order chi connectivity index (χ1) is 9.75. The molecule has 0 unspecified atom stereocenters. The molecule has 0 bridgehead atoms. The Morgan fingerprint density at radius 3 is 2.75 bits per heavy atom. The van der Waals surface area contributed by atoms with Crippen LogP contribution in [-0.2, 0) is 0 Å². The fourth-order valence-electron chi connectivity index (χ4n) is 1.96. The van der Waals surface area contributed by atoms with E-state index in [0.717, 1.165) is 9.86 Å². The maximum Gasteiger partial charge on any atom is 0.257 e. The molecule has 20 heavy (non-hydrogen) atoms. The average molecular weight is 328 g/mol. The van der Waals surface area contributed by atoms with Crippen LogP contribution in [0, 0.1) is 0 Å². The van der Waals surface area contributed by atoms with Crippen molar-refractivity contribution in [2.75, 3.05) is 5.32 Å². The number of hydrogen-bond acceptors (Lipinski definition) is 3. The van der Waals surface area contributed by atoms with E-state index in [4.69, 9.17) is 0 Å². The largest absolute Gasteiger partial charge is 0.321 e. The quantitative estimate of drug-likeness (QED) is 0.781. The van der Waals surface area contributed by atoms with Gasteiger partial charge in [-0.05, 0) is 30.3 Å². The van der Waals surface area contributed by atoms with Crippen molar-refractivity contribution in [2.45, 2.75) is 0 Å². The topological polar surface area (TPSA) is 54.9 Å². The molecule has 1 amide bonds. The van der Waals surface area contributed by atoms with Crippen molar-refractivity contribution < 1.29 is 4.79 Å². The molecule has 0 radical (unpaired) electrons. The number of carbonyl (C=O) groups excluding carboxylic acids is 1. The van der Waals surface area contributed by atoms with Crippen LogP contribution in [0.2, 0.25) is 0 Å². The van der Waals surface area contributed by atoms with Crippen LogP contribution in [0.3, 0.4) is 0 Å². The molecule has 3 rings (SSSR count). The van der Waals surface area contributed by atoms with E-state index in [0.29, 0.717) is 16.8 Å². The summed E-state index contributed by atoms with van der Waals surface area (Å²) in [5, 5.41) is 3.72. The molecule has 0 saturated carbocycles. The van der Waals surface area contributed by atoms with Crippen LogP contribution in [0.25, 0.3) is 10.9 Å². The molecule has 2 aromatic heterocycles. The number of rotatable bonds is 2. The van der Waals surface area contributed by atoms with Crippen LogP contribution in [0.4, 0.5) is 5.69 Å². The van der Waals surface area contributed by atoms with Gasteiger partial charge in [0, 0.05) is 22.3 Å². The molecule has 0 aliphatic heterocycles. The summed E-state index contributed by atoms with van der Waals surface area (Å²) in [4.78, 5) is 20.6. The number of hydrogen-bond donors (Lipinski definition) is 1. The van der Waals surface area contributed by atoms with Crippen molar-refractivity contribution in [1.82, 2.24) is 9.97 Å². The smallest absolute Gasteiger partial charge is 0.257 e. The first-order valence-electron chi connectivity index (χ1n) is 6.00. The fourth-order valence-corrected chi connectivity index (χ4v) is 2.41. The van der Waals surface area contributed by atoms with E-state index in [9.17, 15) is 4.79 Å². The van der Waals surface area contributed by atoms with Crippen LogP contribution in [0.1, 0.15) is 10.4 Å². The molecule has 5 heteroatoms. The predicted octanol–water partition coefficient (Wildman–Crippen LogP) is 3.64. The second-order valence-corrected chi connectivity index (χ2v) is 5.04. The van der Waals surface area contributed by atoms with E-state index in [2.05, 4.69) is 31.2 Å². The second kappa shape index (κ2) is 5.38. The highest BCUT2D eigenvalue weighted by Gasteiger charge is 2.12. The van der Waals surface area contributed by atoms with Crippen molar-refractivity contribution in [3.8, 4) is 0 Å². The normalized spacial score (nSPS) is 10.4. The zero-order valence-electron chi connectivity index (χ0n) is 10.4. The van der Waals surface area contributed by atoms with Gasteiger partial charge in [-0.25, -0.2) is 0 Å². The molecule has 0 saturated heterocycles. The highest BCUT2D eigenvalue weighted by atomic mass is 79.9. The molecule has 1 aromatic carbocycles. The lowest BCUT2D eigenvalue weighted by atomic mass is 10.1. The molecule has 0 aliphatic carbocycles. The first-order valence-corrected chi connectivity index (χ1v) is 6.79. The van der Waals surface area contributed by atoms with Crippen molar-refractivity contribution >= 4 is 38.4 Å². The lowest BCUT2D eigenvalue weighted by Crippen LogP contribution is -2.13. The number of nitrogens with zero attached hydrogens (tertiary/aromatic N) is 2. The van der Waals surface area contributed by atoms with Gasteiger partial charge in [-0.3, -0.25) is 14.8 Å². The standard InChI is InChI=1S/C15H10BrN3O/c16-13-6-5-12(14-11(13)4-2-8-18-14)15(20)19-10-3-1-7-17-9-10/h1-9H,(H,19,20). The van der Waals surface area contributed by atoms with E-state index in [1.807, 2.05) is 18.2 Å². The Bertz CT molecular complexity index is 774. The Morgan fingerprint density at radius 1 is 1.10 bits per heavy atom. The third-order valence-corrected chi connectivity index (χ3v) is 3.57. The minimum atomic E-state index is -0.200. The summed E-state index contributed by atoms with van der Waals surface area (Å²) in [6.45, 7) is 0. The van der Waals surface area contributed by atoms with Crippen LogP contribution in [0.5, 0.6) is 0 Å². The molecule has 0 fully saturated rings. The lowest BCUT2D eigenvalue weighted by Gasteiger charge is -2.08. The predicted molar refractivity (Wildman–Crippen MR) is 81.6 cm³/mol. The second-order valence-electron chi connectivity index (χ2n) is 4.19. The van der Waals surface area contributed by atoms with E-state index in [-0.39, 0.29) is 5.91 Å². The number of fused-ring (bicyclic) bond motifs is 1. The van der Waals surface area contributed by atoms with Crippen molar-refractivity contribution in [1.29, 1.82) is 0 Å². The van der Waals surface area contributed by atoms with Crippen LogP contribution in [0.15, 0.2) is 59.5 Å². The summed E-state index contributed by atoms with van der Waals surface area (Å²) < 4.78 is 0.915. The molecule has 0 spiro atoms. The maximum absolute atomic E-state index is 12.3. The van der Waals surface area contributed by atoms with Gasteiger partial charge in [0.15, 0.2) is 0 Å². The molecule has 0 aliphatic rings. The molecular weight excluding hydrogens is 318 g/mol. The number of carbonyl (C=O) groups is 1. The van der Waals surface area contributed by atoms with Gasteiger partial charge in [-0.1, -0.05) is 22.0 Å². The van der Waals surface area contributed by atoms with Gasteiger partial charge in [0.1, 0.15) is 0 Å². The number of pyridine rings is 2. The van der Waals surface area contributed by atoms with Gasteiger partial charge < -0.3 is 5.32 Å². The molecule has 2 heterocycles. The third-order valence-electron chi connectivity index (χ3n) is 2.88. The Hall–Kier alpha value is -2.27. The maximum atomic E-state index is 12.3. The van der Waals surface area contributed by atoms with Gasteiger partial charge >= 0.3 is 0 Å². The van der Waals surface area contributed by atoms with Crippen LogP contribution in [-0.4, -0.2) is 15.9 Å². The van der Waals surface area contributed by atoms with Gasteiger partial charge in [0.05, 0.1) is 23.0 Å². The molecule has 98 valence electrons. The Balaban J connectivity index is 2.02. The van der Waals surface area contributed by atoms with Crippen LogP contribution >= 0.6 is 15.9 Å². The minimum Gasteiger partial charge on any atom is -0.321 e. The molecular formula is C15H10BrN3O. The summed E-state index contributed by atoms with van der Waals surface area (Å²) in [5.41, 5.74) is 1.86. The molecule has 4 nitrogen and oxygen atoms in total. The summed E-state index contributed by atoms with van der Waals surface area (Å²) in [7, 11) is 0. The molecule has 3 aromatic rings. The third kappa shape index (κ3) is 2.40. The Labute approximate surface area is 124 Å². The summed E-state index contributed by atoms with van der Waals surface area (Å²) in [6, 6.07) is 10.9. The Morgan fingerprint density at radius 2 is 1.95 bits per heavy atom. The lowest BCUT2D eigenvalue weighted by molar-refractivity contribution is 0.102. The number of amides is 1. The minimum absolute atomic E-state index is 0.200. The van der Waals surface area contributed by atoms with E-state index < -0.39 is 0 Å². The van der Waals surface area contributed by atoms with Gasteiger partial charge in [-0.15, -0.1) is 0 Å². The number of anilines is 1. The number of nitrogens with one attached hydrogen (secondary N) is 1. The first kappa shape index (κ1) is 12.7. The van der Waals surface area contributed by atoms with Gasteiger partial charge in [-0.2, -0.15) is 0 Å². The van der Waals surface area contributed by atoms with E-state index in [1.165, 1.54) is 0 Å². The summed E-state index contributed by atoms with van der Waals surface area (Å²) in [6.07, 6.45) is 4.94. The summed E-state index contributed by atoms with van der Waals surface area (Å²) in [5.74, 6) is -0.200. The number of benzene rings is 1. The van der Waals surface area contributed by atoms with Gasteiger partial charge in [0.2, 0.25) is 0 Å². The fraction of sp³-hybridized carbons (Fsp3) is 0. The van der Waals surface area contributed by atoms with Crippen molar-refractivity contribution in [2.24, 2.45) is 0 Å². The summed E-state index contributed by atoms with van der Waals surface area (Å²) >= 11 is 3.47. The zero-order chi connectivity index (χ0) is 13.9. The van der Waals surface area contributed by atoms with Crippen molar-refractivity contribution in [3.63, 3.8) is 0 Å².